The van der Waals surface area contributed by atoms with Crippen LogP contribution >= 0.6 is 15.9 Å². The van der Waals surface area contributed by atoms with Gasteiger partial charge in [0, 0.05) is 19.1 Å². The Morgan fingerprint density at radius 3 is 2.95 bits per heavy atom. The summed E-state index contributed by atoms with van der Waals surface area (Å²) in [6.45, 7) is 6.96. The summed E-state index contributed by atoms with van der Waals surface area (Å²) in [6, 6.07) is 5.86. The van der Waals surface area contributed by atoms with Crippen LogP contribution < -0.4 is 10.2 Å². The van der Waals surface area contributed by atoms with Gasteiger partial charge in [0.2, 0.25) is 0 Å². The van der Waals surface area contributed by atoms with Gasteiger partial charge in [0.05, 0.1) is 15.7 Å². The predicted octanol–water partition coefficient (Wildman–Crippen LogP) is 3.67. The third kappa shape index (κ3) is 3.96. The Morgan fingerprint density at radius 2 is 2.29 bits per heavy atom. The van der Waals surface area contributed by atoms with E-state index in [1.165, 1.54) is 6.42 Å². The number of nitrogens with one attached hydrogen (secondary N) is 1. The highest BCUT2D eigenvalue weighted by Gasteiger charge is 2.23. The summed E-state index contributed by atoms with van der Waals surface area (Å²) in [5.41, 5.74) is 0.932. The topological polar surface area (TPSA) is 39.1 Å². The molecular formula is C16H21BrFN3. The fourth-order valence-electron chi connectivity index (χ4n) is 2.72. The van der Waals surface area contributed by atoms with E-state index in [0.717, 1.165) is 26.1 Å². The average Bonchev–Trinajstić information content (AvgIpc) is 2.48. The predicted molar refractivity (Wildman–Crippen MR) is 86.9 cm³/mol. The second kappa shape index (κ2) is 7.24. The minimum absolute atomic E-state index is 0.268. The maximum absolute atomic E-state index is 14.4. The molecule has 114 valence electrons. The molecule has 0 spiro atoms. The van der Waals surface area contributed by atoms with Crippen LogP contribution in [0.1, 0.15) is 32.3 Å². The van der Waals surface area contributed by atoms with Gasteiger partial charge in [0.1, 0.15) is 6.07 Å². The van der Waals surface area contributed by atoms with Gasteiger partial charge in [0.25, 0.3) is 0 Å². The van der Waals surface area contributed by atoms with E-state index in [-0.39, 0.29) is 10.3 Å². The lowest BCUT2D eigenvalue weighted by molar-refractivity contribution is 0.377. The van der Waals surface area contributed by atoms with Crippen molar-refractivity contribution in [3.63, 3.8) is 0 Å². The van der Waals surface area contributed by atoms with E-state index >= 15 is 0 Å². The molecular weight excluding hydrogens is 333 g/mol. The molecule has 21 heavy (non-hydrogen) atoms. The van der Waals surface area contributed by atoms with Gasteiger partial charge in [-0.05, 0) is 53.4 Å². The number of halogens is 2. The lowest BCUT2D eigenvalue weighted by Gasteiger charge is -2.35. The number of nitriles is 1. The molecule has 1 unspecified atom stereocenters. The maximum Gasteiger partial charge on any atom is 0.161 e. The molecule has 0 amide bonds. The summed E-state index contributed by atoms with van der Waals surface area (Å²) >= 11 is 3.19. The monoisotopic (exact) mass is 353 g/mol. The van der Waals surface area contributed by atoms with Gasteiger partial charge in [-0.3, -0.25) is 0 Å². The smallest absolute Gasteiger partial charge is 0.161 e. The zero-order valence-corrected chi connectivity index (χ0v) is 14.1. The van der Waals surface area contributed by atoms with E-state index < -0.39 is 0 Å². The number of nitrogens with zero attached hydrogens (tertiary/aromatic N) is 2. The first kappa shape index (κ1) is 16.3. The van der Waals surface area contributed by atoms with E-state index in [1.807, 2.05) is 6.07 Å². The van der Waals surface area contributed by atoms with E-state index in [1.54, 1.807) is 12.1 Å². The zero-order chi connectivity index (χ0) is 15.4. The molecule has 1 aromatic rings. The van der Waals surface area contributed by atoms with Crippen LogP contribution in [0, 0.1) is 23.1 Å². The summed E-state index contributed by atoms with van der Waals surface area (Å²) in [5.74, 6) is 0.210. The van der Waals surface area contributed by atoms with Crippen molar-refractivity contribution in [3.8, 4) is 6.07 Å². The summed E-state index contributed by atoms with van der Waals surface area (Å²) in [5, 5.41) is 12.4. The normalized spacial score (nSPS) is 18.9. The highest BCUT2D eigenvalue weighted by atomic mass is 79.9. The molecule has 0 aliphatic carbocycles. The Labute approximate surface area is 134 Å². The molecule has 1 saturated heterocycles. The molecule has 5 heteroatoms. The van der Waals surface area contributed by atoms with Crippen LogP contribution in [0.2, 0.25) is 0 Å². The van der Waals surface area contributed by atoms with Crippen LogP contribution in [0.15, 0.2) is 16.6 Å². The molecule has 1 aromatic carbocycles. The van der Waals surface area contributed by atoms with Crippen molar-refractivity contribution in [2.45, 2.75) is 32.7 Å². The second-order valence-electron chi connectivity index (χ2n) is 5.89. The zero-order valence-electron chi connectivity index (χ0n) is 12.5. The van der Waals surface area contributed by atoms with Crippen molar-refractivity contribution in [3.05, 3.63) is 28.0 Å². The molecule has 1 aliphatic rings. The van der Waals surface area contributed by atoms with Gasteiger partial charge in [-0.1, -0.05) is 13.8 Å². The molecule has 1 fully saturated rings. The van der Waals surface area contributed by atoms with E-state index in [4.69, 9.17) is 5.26 Å². The van der Waals surface area contributed by atoms with Gasteiger partial charge in [-0.15, -0.1) is 0 Å². The molecule has 0 aromatic heterocycles. The first-order valence-corrected chi connectivity index (χ1v) is 8.18. The van der Waals surface area contributed by atoms with Gasteiger partial charge in [-0.25, -0.2) is 4.39 Å². The lowest BCUT2D eigenvalue weighted by atomic mass is 9.97. The second-order valence-corrected chi connectivity index (χ2v) is 6.68. The molecule has 1 heterocycles. The number of anilines is 1. The molecule has 3 nitrogen and oxygen atoms in total. The van der Waals surface area contributed by atoms with E-state index in [0.29, 0.717) is 23.2 Å². The summed E-state index contributed by atoms with van der Waals surface area (Å²) in [7, 11) is 0. The number of rotatable bonds is 4. The number of hydrogen-bond donors (Lipinski definition) is 1. The van der Waals surface area contributed by atoms with Gasteiger partial charge in [-0.2, -0.15) is 5.26 Å². The molecule has 2 rings (SSSR count). The first-order valence-electron chi connectivity index (χ1n) is 7.39. The third-order valence-electron chi connectivity index (χ3n) is 3.86. The number of piperidine rings is 1. The maximum atomic E-state index is 14.4. The molecule has 1 N–H and O–H groups in total. The van der Waals surface area contributed by atoms with Crippen LogP contribution in [0.25, 0.3) is 0 Å². The molecule has 1 aliphatic heterocycles. The minimum atomic E-state index is -0.327. The van der Waals surface area contributed by atoms with Crippen molar-refractivity contribution < 1.29 is 4.39 Å². The van der Waals surface area contributed by atoms with Crippen LogP contribution in [-0.2, 0) is 0 Å². The molecule has 0 saturated carbocycles. The Morgan fingerprint density at radius 1 is 1.52 bits per heavy atom. The largest absolute Gasteiger partial charge is 0.369 e. The van der Waals surface area contributed by atoms with E-state index in [2.05, 4.69) is 40.0 Å². The fraction of sp³-hybridized carbons (Fsp3) is 0.562. The minimum Gasteiger partial charge on any atom is -0.369 e. The Balaban J connectivity index is 2.11. The molecule has 0 radical (unpaired) electrons. The molecule has 0 bridgehead atoms. The van der Waals surface area contributed by atoms with Crippen LogP contribution in [-0.4, -0.2) is 25.7 Å². The van der Waals surface area contributed by atoms with Crippen LogP contribution in [0.5, 0.6) is 0 Å². The van der Waals surface area contributed by atoms with Crippen molar-refractivity contribution in [1.82, 2.24) is 5.32 Å². The van der Waals surface area contributed by atoms with Crippen molar-refractivity contribution in [2.24, 2.45) is 5.92 Å². The summed E-state index contributed by atoms with van der Waals surface area (Å²) in [6.07, 6.45) is 2.25. The van der Waals surface area contributed by atoms with Crippen LogP contribution in [0.4, 0.5) is 10.1 Å². The van der Waals surface area contributed by atoms with E-state index in [9.17, 15) is 4.39 Å². The van der Waals surface area contributed by atoms with Gasteiger partial charge >= 0.3 is 0 Å². The number of benzene rings is 1. The highest BCUT2D eigenvalue weighted by molar-refractivity contribution is 9.10. The van der Waals surface area contributed by atoms with Gasteiger partial charge in [0.15, 0.2) is 5.82 Å². The lowest BCUT2D eigenvalue weighted by Crippen LogP contribution is -2.41. The number of hydrogen-bond acceptors (Lipinski definition) is 3. The molecule has 1 atom stereocenters. The Bertz CT molecular complexity index is 539. The third-order valence-corrected chi connectivity index (χ3v) is 4.63. The Hall–Kier alpha value is -1.12. The van der Waals surface area contributed by atoms with Gasteiger partial charge < -0.3 is 10.2 Å². The summed E-state index contributed by atoms with van der Waals surface area (Å²) < 4.78 is 14.7. The highest BCUT2D eigenvalue weighted by Crippen LogP contribution is 2.31. The first-order chi connectivity index (χ1) is 10.0. The average molecular weight is 354 g/mol. The standard InChI is InChI=1S/C16H21BrFN3/c1-11(2)20-9-12-4-3-7-21(10-12)14-6-5-13(8-19)15(17)16(14)18/h5-6,11-12,20H,3-4,7,9-10H2,1-2H3. The fourth-order valence-corrected chi connectivity index (χ4v) is 3.15. The quantitative estimate of drug-likeness (QED) is 0.897. The van der Waals surface area contributed by atoms with Crippen LogP contribution in [0.3, 0.4) is 0 Å². The van der Waals surface area contributed by atoms with Crippen molar-refractivity contribution in [2.75, 3.05) is 24.5 Å². The SMILES string of the molecule is CC(C)NCC1CCCN(c2ccc(C#N)c(Br)c2F)C1. The van der Waals surface area contributed by atoms with Crippen molar-refractivity contribution in [1.29, 1.82) is 5.26 Å². The Kier molecular flexibility index (Phi) is 5.60. The van der Waals surface area contributed by atoms with Crippen molar-refractivity contribution >= 4 is 21.6 Å². The summed E-state index contributed by atoms with van der Waals surface area (Å²) in [4.78, 5) is 2.09.